The molecule has 0 heterocycles. The van der Waals surface area contributed by atoms with Gasteiger partial charge in [0.15, 0.2) is 5.85 Å². The van der Waals surface area contributed by atoms with Crippen molar-refractivity contribution in [2.24, 2.45) is 0 Å². The van der Waals surface area contributed by atoms with Crippen molar-refractivity contribution >= 4 is 34.3 Å². The molecule has 2 atom stereocenters. The number of aliphatic hydroxyl groups is 1. The van der Waals surface area contributed by atoms with Crippen LogP contribution in [-0.2, 0) is 9.09 Å². The topological polar surface area (TPSA) is 49.8 Å². The number of anilines is 1. The van der Waals surface area contributed by atoms with Crippen LogP contribution in [-0.4, -0.2) is 25.3 Å². The van der Waals surface area contributed by atoms with E-state index in [4.69, 9.17) is 4.52 Å². The second-order valence-corrected chi connectivity index (χ2v) is 10.6. The minimum Gasteiger partial charge on any atom is -0.378 e. The van der Waals surface area contributed by atoms with Crippen LogP contribution in [0, 0.1) is 0 Å². The third-order valence-electron chi connectivity index (χ3n) is 5.07. The molecular formula is C21H27BrNO3P. The van der Waals surface area contributed by atoms with E-state index in [0.717, 1.165) is 35.8 Å². The van der Waals surface area contributed by atoms with Gasteiger partial charge in [-0.1, -0.05) is 47.3 Å². The summed E-state index contributed by atoms with van der Waals surface area (Å²) in [6.45, 7) is 0. The SMILES string of the molecule is CN(C)c1ccc([P@](=O)(OC2CCCCC2)[C@@H](O)c2ccc(Br)cc2)cc1. The summed E-state index contributed by atoms with van der Waals surface area (Å²) in [5.41, 5.74) is 1.62. The van der Waals surface area contributed by atoms with E-state index < -0.39 is 13.2 Å². The number of aliphatic hydroxyl groups excluding tert-OH is 1. The van der Waals surface area contributed by atoms with Gasteiger partial charge < -0.3 is 14.5 Å². The van der Waals surface area contributed by atoms with Crippen LogP contribution in [0.15, 0.2) is 53.0 Å². The molecule has 0 unspecified atom stereocenters. The first-order valence-electron chi connectivity index (χ1n) is 9.40. The van der Waals surface area contributed by atoms with Gasteiger partial charge in [0.25, 0.3) is 7.37 Å². The van der Waals surface area contributed by atoms with Crippen molar-refractivity contribution in [1.82, 2.24) is 0 Å². The molecule has 6 heteroatoms. The van der Waals surface area contributed by atoms with Crippen molar-refractivity contribution in [2.75, 3.05) is 19.0 Å². The van der Waals surface area contributed by atoms with Gasteiger partial charge >= 0.3 is 0 Å². The molecule has 1 aliphatic carbocycles. The maximum Gasteiger partial charge on any atom is 0.264 e. The molecule has 0 radical (unpaired) electrons. The lowest BCUT2D eigenvalue weighted by Gasteiger charge is -2.31. The summed E-state index contributed by atoms with van der Waals surface area (Å²) >= 11 is 3.40. The van der Waals surface area contributed by atoms with Crippen molar-refractivity contribution < 1.29 is 14.2 Å². The first kappa shape index (κ1) is 20.6. The summed E-state index contributed by atoms with van der Waals surface area (Å²) in [6, 6.07) is 14.7. The summed E-state index contributed by atoms with van der Waals surface area (Å²) < 4.78 is 21.2. The van der Waals surface area contributed by atoms with Crippen LogP contribution in [0.4, 0.5) is 5.69 Å². The van der Waals surface area contributed by atoms with Crippen molar-refractivity contribution in [3.05, 3.63) is 58.6 Å². The van der Waals surface area contributed by atoms with Gasteiger partial charge in [0, 0.05) is 29.6 Å². The molecule has 2 aromatic carbocycles. The lowest BCUT2D eigenvalue weighted by molar-refractivity contribution is 0.137. The second kappa shape index (κ2) is 8.91. The molecule has 0 amide bonds. The molecule has 3 rings (SSSR count). The van der Waals surface area contributed by atoms with Gasteiger partial charge in [-0.05, 0) is 54.8 Å². The predicted molar refractivity (Wildman–Crippen MR) is 115 cm³/mol. The monoisotopic (exact) mass is 451 g/mol. The molecule has 0 saturated heterocycles. The van der Waals surface area contributed by atoms with Crippen molar-refractivity contribution in [2.45, 2.75) is 44.1 Å². The number of benzene rings is 2. The maximum atomic E-state index is 14.1. The van der Waals surface area contributed by atoms with Crippen LogP contribution < -0.4 is 10.2 Å². The summed E-state index contributed by atoms with van der Waals surface area (Å²) in [4.78, 5) is 1.99. The number of rotatable bonds is 6. The smallest absolute Gasteiger partial charge is 0.264 e. The van der Waals surface area contributed by atoms with Crippen LogP contribution in [0.5, 0.6) is 0 Å². The Morgan fingerprint density at radius 2 is 1.63 bits per heavy atom. The van der Waals surface area contributed by atoms with Crippen LogP contribution in [0.1, 0.15) is 43.5 Å². The average Bonchev–Trinajstić information content (AvgIpc) is 2.69. The third-order valence-corrected chi connectivity index (χ3v) is 8.17. The van der Waals surface area contributed by atoms with Crippen molar-refractivity contribution in [1.29, 1.82) is 0 Å². The van der Waals surface area contributed by atoms with Gasteiger partial charge in [-0.3, -0.25) is 4.57 Å². The Kier molecular flexibility index (Phi) is 6.80. The summed E-state index contributed by atoms with van der Waals surface area (Å²) in [5.74, 6) is -1.18. The van der Waals surface area contributed by atoms with E-state index in [1.807, 2.05) is 55.4 Å². The van der Waals surface area contributed by atoms with E-state index in [0.29, 0.717) is 10.9 Å². The van der Waals surface area contributed by atoms with Gasteiger partial charge in [-0.2, -0.15) is 0 Å². The minimum atomic E-state index is -3.50. The zero-order chi connectivity index (χ0) is 19.4. The Labute approximate surface area is 170 Å². The first-order valence-corrected chi connectivity index (χ1v) is 11.9. The Balaban J connectivity index is 1.96. The van der Waals surface area contributed by atoms with Gasteiger partial charge in [0.05, 0.1) is 6.10 Å². The quantitative estimate of drug-likeness (QED) is 0.592. The molecule has 2 aromatic rings. The van der Waals surface area contributed by atoms with Crippen LogP contribution in [0.25, 0.3) is 0 Å². The highest BCUT2D eigenvalue weighted by Gasteiger charge is 2.39. The lowest BCUT2D eigenvalue weighted by atomic mass is 9.98. The number of halogens is 1. The van der Waals surface area contributed by atoms with Gasteiger partial charge in [0.1, 0.15) is 0 Å². The Bertz CT molecular complexity index is 786. The number of hydrogen-bond acceptors (Lipinski definition) is 4. The lowest BCUT2D eigenvalue weighted by Crippen LogP contribution is -2.22. The molecule has 0 aromatic heterocycles. The van der Waals surface area contributed by atoms with Crippen molar-refractivity contribution in [3.63, 3.8) is 0 Å². The van der Waals surface area contributed by atoms with Crippen LogP contribution >= 0.6 is 23.3 Å². The molecule has 1 saturated carbocycles. The fraction of sp³-hybridized carbons (Fsp3) is 0.429. The van der Waals surface area contributed by atoms with E-state index >= 15 is 0 Å². The molecular weight excluding hydrogens is 425 g/mol. The Morgan fingerprint density at radius 3 is 2.19 bits per heavy atom. The molecule has 1 aliphatic rings. The predicted octanol–water partition coefficient (Wildman–Crippen LogP) is 5.46. The van der Waals surface area contributed by atoms with E-state index in [1.54, 1.807) is 12.1 Å². The standard InChI is InChI=1S/C21H27BrNO3P/c1-23(2)18-12-14-20(15-13-18)27(25,26-19-6-4-3-5-7-19)21(24)16-8-10-17(22)11-9-16/h8-15,19,21,24H,3-7H2,1-2H3/t21-,27+/m1/s1. The highest BCUT2D eigenvalue weighted by molar-refractivity contribution is 9.10. The van der Waals surface area contributed by atoms with E-state index in [1.165, 1.54) is 6.42 Å². The van der Waals surface area contributed by atoms with E-state index in [-0.39, 0.29) is 6.10 Å². The van der Waals surface area contributed by atoms with Crippen LogP contribution in [0.3, 0.4) is 0 Å². The summed E-state index contributed by atoms with van der Waals surface area (Å²) in [5, 5.41) is 11.6. The van der Waals surface area contributed by atoms with Gasteiger partial charge in [0.2, 0.25) is 0 Å². The first-order chi connectivity index (χ1) is 12.9. The molecule has 0 spiro atoms. The third kappa shape index (κ3) is 4.83. The number of hydrogen-bond donors (Lipinski definition) is 1. The van der Waals surface area contributed by atoms with E-state index in [9.17, 15) is 9.67 Å². The van der Waals surface area contributed by atoms with Crippen LogP contribution in [0.2, 0.25) is 0 Å². The zero-order valence-electron chi connectivity index (χ0n) is 15.8. The molecule has 146 valence electrons. The largest absolute Gasteiger partial charge is 0.378 e. The molecule has 1 fully saturated rings. The molecule has 0 bridgehead atoms. The minimum absolute atomic E-state index is 0.0665. The zero-order valence-corrected chi connectivity index (χ0v) is 18.3. The molecule has 4 nitrogen and oxygen atoms in total. The highest BCUT2D eigenvalue weighted by atomic mass is 79.9. The van der Waals surface area contributed by atoms with Crippen molar-refractivity contribution in [3.8, 4) is 0 Å². The Morgan fingerprint density at radius 1 is 1.04 bits per heavy atom. The van der Waals surface area contributed by atoms with Gasteiger partial charge in [-0.25, -0.2) is 0 Å². The van der Waals surface area contributed by atoms with E-state index in [2.05, 4.69) is 15.9 Å². The maximum absolute atomic E-state index is 14.1. The molecule has 27 heavy (non-hydrogen) atoms. The summed E-state index contributed by atoms with van der Waals surface area (Å²) in [6.07, 6.45) is 5.08. The molecule has 1 N–H and O–H groups in total. The normalized spacial score (nSPS) is 18.7. The average molecular weight is 452 g/mol. The number of nitrogens with zero attached hydrogens (tertiary/aromatic N) is 1. The fourth-order valence-electron chi connectivity index (χ4n) is 3.44. The summed E-state index contributed by atoms with van der Waals surface area (Å²) in [7, 11) is 0.428. The highest BCUT2D eigenvalue weighted by Crippen LogP contribution is 2.59. The molecule has 0 aliphatic heterocycles. The second-order valence-electron chi connectivity index (χ2n) is 7.30. The Hall–Kier alpha value is -1.13. The fourth-order valence-corrected chi connectivity index (χ4v) is 6.01. The van der Waals surface area contributed by atoms with Gasteiger partial charge in [-0.15, -0.1) is 0 Å².